The first-order chi connectivity index (χ1) is 32.6. The van der Waals surface area contributed by atoms with E-state index in [4.69, 9.17) is 19.9 Å². The first-order valence-electron chi connectivity index (χ1n) is 21.7. The van der Waals surface area contributed by atoms with Gasteiger partial charge in [-0.05, 0) is 26.7 Å². The van der Waals surface area contributed by atoms with Crippen molar-refractivity contribution in [3.63, 3.8) is 0 Å². The molecule has 0 aromatic carbocycles. The molecule has 2 aromatic heterocycles. The number of nitrogens with one attached hydrogen (secondary N) is 2. The van der Waals surface area contributed by atoms with Gasteiger partial charge in [-0.15, -0.1) is 0 Å². The SMILES string of the molecule is C[C@H](CCCCCC(=O)CC(=O)SCCNC(=O)CCNC(=O)[C@H](O)C(C)(C)COP(=O)([O-])OP(=O)([O-])OC[C@H]1O[C@@H](n2cnc3c(N)ncnc32)[C@H](O)[C@@H]1OP(=O)([O-])[O-])O[C@@H]1O[C@@H](C)[C@H](O)C[C@H]1O. The number of rotatable bonds is 29. The van der Waals surface area contributed by atoms with Gasteiger partial charge in [-0.1, -0.05) is 38.5 Å². The molecular weight excluding hydrogens is 1020 g/mol. The van der Waals surface area contributed by atoms with Gasteiger partial charge in [0, 0.05) is 43.5 Å². The molecule has 0 aliphatic carbocycles. The Balaban J connectivity index is 1.09. The molecule has 0 radical (unpaired) electrons. The van der Waals surface area contributed by atoms with Gasteiger partial charge in [0.2, 0.25) is 11.8 Å². The highest BCUT2D eigenvalue weighted by Crippen LogP contribution is 2.56. The number of ether oxygens (including phenoxy) is 3. The molecule has 33 heteroatoms. The van der Waals surface area contributed by atoms with Crippen LogP contribution in [-0.4, -0.2) is 150 Å². The summed E-state index contributed by atoms with van der Waals surface area (Å²) in [7, 11) is -17.7. The van der Waals surface area contributed by atoms with Crippen LogP contribution in [0.2, 0.25) is 0 Å². The Bertz CT molecular complexity index is 2240. The minimum absolute atomic E-state index is 0.0302. The number of thioether (sulfide) groups is 1. The van der Waals surface area contributed by atoms with E-state index in [1.807, 2.05) is 6.92 Å². The smallest absolute Gasteiger partial charge is 0.274 e. The van der Waals surface area contributed by atoms with Crippen molar-refractivity contribution in [3.05, 3.63) is 12.7 Å². The summed E-state index contributed by atoms with van der Waals surface area (Å²) < 4.78 is 72.0. The number of aliphatic hydroxyl groups excluding tert-OH is 4. The molecule has 0 spiro atoms. The van der Waals surface area contributed by atoms with Crippen LogP contribution in [0.4, 0.5) is 5.82 Å². The molecule has 0 bridgehead atoms. The standard InChI is InChI=1S/C37H62N7O22P3S/c1-20(62-36-24(47)15-23(46)21(2)63-36)8-6-5-7-9-22(45)14-27(49)70-13-12-39-26(48)10-11-40-34(52)31(51)37(3,4)17-61-69(58,59)66-68(56,57)60-16-25-30(65-67(53,54)55)29(50)35(64-25)44-19-43-28-32(38)41-18-42-33(28)44/h18-21,23-25,29-31,35-36,46-47,50-51H,5-17H2,1-4H3,(H,39,48)(H,40,52)(H,56,57)(H,58,59)(H2,38,41,42)(H2,53,54,55)/p-4/t20-,21+,23-,24-,25-,29-,30-,31+,35-,36-/m1/s1. The topological polar surface area (TPSA) is 451 Å². The van der Waals surface area contributed by atoms with Gasteiger partial charge in [-0.3, -0.25) is 32.9 Å². The first kappa shape index (κ1) is 59.6. The summed E-state index contributed by atoms with van der Waals surface area (Å²) >= 11 is 0.866. The normalized spacial score (nSPS) is 25.7. The zero-order valence-electron chi connectivity index (χ0n) is 38.4. The average Bonchev–Trinajstić information content (AvgIpc) is 3.82. The average molecular weight is 1080 g/mol. The Morgan fingerprint density at radius 1 is 0.971 bits per heavy atom. The van der Waals surface area contributed by atoms with Gasteiger partial charge in [0.1, 0.15) is 48.1 Å². The third-order valence-corrected chi connectivity index (χ3v) is 14.6. The number of nitrogens with two attached hydrogens (primary N) is 1. The van der Waals surface area contributed by atoms with E-state index in [-0.39, 0.29) is 78.5 Å². The van der Waals surface area contributed by atoms with Crippen LogP contribution in [0.15, 0.2) is 12.7 Å². The molecule has 70 heavy (non-hydrogen) atoms. The van der Waals surface area contributed by atoms with Crippen LogP contribution < -0.4 is 35.9 Å². The van der Waals surface area contributed by atoms with Crippen molar-refractivity contribution in [3.8, 4) is 0 Å². The van der Waals surface area contributed by atoms with Gasteiger partial charge in [-0.25, -0.2) is 19.3 Å². The molecule has 4 heterocycles. The predicted octanol–water partition coefficient (Wildman–Crippen LogP) is -2.69. The molecule has 4 rings (SSSR count). The molecule has 398 valence electrons. The van der Waals surface area contributed by atoms with Gasteiger partial charge in [0.15, 0.2) is 29.1 Å². The number of hydrogen-bond donors (Lipinski definition) is 7. The van der Waals surface area contributed by atoms with Crippen LogP contribution in [0.25, 0.3) is 11.2 Å². The largest absolute Gasteiger partial charge is 0.790 e. The third-order valence-electron chi connectivity index (χ3n) is 10.7. The van der Waals surface area contributed by atoms with Crippen molar-refractivity contribution >= 4 is 74.9 Å². The molecule has 2 aromatic rings. The van der Waals surface area contributed by atoms with Crippen molar-refractivity contribution in [1.29, 1.82) is 0 Å². The van der Waals surface area contributed by atoms with Crippen LogP contribution in [0.5, 0.6) is 0 Å². The Kier molecular flexibility index (Phi) is 22.4. The molecule has 0 saturated carbocycles. The summed E-state index contributed by atoms with van der Waals surface area (Å²) in [5.74, 6) is -1.75. The summed E-state index contributed by atoms with van der Waals surface area (Å²) in [5.41, 5.74) is 4.01. The molecule has 2 amide bonds. The lowest BCUT2D eigenvalue weighted by atomic mass is 9.87. The highest BCUT2D eigenvalue weighted by Gasteiger charge is 2.47. The molecule has 2 unspecified atom stereocenters. The number of carbonyl (C=O) groups is 4. The van der Waals surface area contributed by atoms with Crippen LogP contribution in [0.1, 0.15) is 85.3 Å². The summed E-state index contributed by atoms with van der Waals surface area (Å²) in [6.45, 7) is 3.34. The highest BCUT2D eigenvalue weighted by molar-refractivity contribution is 8.13. The molecular formula is C37H58N7O22P3S-4. The lowest BCUT2D eigenvalue weighted by molar-refractivity contribution is -0.347. The van der Waals surface area contributed by atoms with Gasteiger partial charge in [0.25, 0.3) is 15.6 Å². The number of nitrogens with zero attached hydrogens (tertiary/aromatic N) is 4. The number of ketones is 1. The van der Waals surface area contributed by atoms with E-state index in [1.165, 1.54) is 13.8 Å². The molecule has 12 atom stereocenters. The number of hydrogen-bond acceptors (Lipinski definition) is 27. The van der Waals surface area contributed by atoms with Crippen LogP contribution in [-0.2, 0) is 65.0 Å². The number of aromatic nitrogens is 4. The summed E-state index contributed by atoms with van der Waals surface area (Å²) in [6, 6.07) is 0. The Hall–Kier alpha value is -2.93. The highest BCUT2D eigenvalue weighted by atomic mass is 32.2. The number of anilines is 1. The van der Waals surface area contributed by atoms with Crippen molar-refractivity contribution < 1.29 is 105 Å². The van der Waals surface area contributed by atoms with Crippen LogP contribution >= 0.6 is 35.2 Å². The minimum atomic E-state index is -5.95. The molecule has 2 saturated heterocycles. The molecule has 2 fully saturated rings. The molecule has 2 aliphatic rings. The lowest BCUT2D eigenvalue weighted by Gasteiger charge is -2.36. The number of amides is 2. The number of imidazole rings is 1. The van der Waals surface area contributed by atoms with Crippen LogP contribution in [0.3, 0.4) is 0 Å². The maximum atomic E-state index is 12.6. The summed E-state index contributed by atoms with van der Waals surface area (Å²) in [5, 5.41) is 45.8. The summed E-state index contributed by atoms with van der Waals surface area (Å²) in [6.07, 6.45) is -8.19. The number of phosphoric ester groups is 3. The molecule has 2 aliphatic heterocycles. The van der Waals surface area contributed by atoms with E-state index in [1.54, 1.807) is 6.92 Å². The zero-order valence-corrected chi connectivity index (χ0v) is 41.9. The maximum absolute atomic E-state index is 12.6. The Morgan fingerprint density at radius 2 is 1.67 bits per heavy atom. The Morgan fingerprint density at radius 3 is 2.37 bits per heavy atom. The number of unbranched alkanes of at least 4 members (excludes halogenated alkanes) is 2. The molecule has 8 N–H and O–H groups in total. The van der Waals surface area contributed by atoms with E-state index in [9.17, 15) is 72.9 Å². The van der Waals surface area contributed by atoms with Crippen molar-refractivity contribution in [2.75, 3.05) is 37.8 Å². The van der Waals surface area contributed by atoms with Crippen molar-refractivity contribution in [1.82, 2.24) is 30.2 Å². The lowest BCUT2D eigenvalue weighted by Crippen LogP contribution is -2.48. The van der Waals surface area contributed by atoms with Gasteiger partial charge >= 0.3 is 0 Å². The second-order valence-corrected chi connectivity index (χ2v) is 22.3. The van der Waals surface area contributed by atoms with E-state index < -0.39 is 109 Å². The number of carbonyl (C=O) groups excluding carboxylic acids is 4. The number of fused-ring (bicyclic) bond motifs is 1. The summed E-state index contributed by atoms with van der Waals surface area (Å²) in [4.78, 5) is 109. The number of Topliss-reactive ketones (excluding diaryl/α,β-unsaturated/α-hetero) is 1. The predicted molar refractivity (Wildman–Crippen MR) is 232 cm³/mol. The molecule has 29 nitrogen and oxygen atoms in total. The van der Waals surface area contributed by atoms with Crippen LogP contribution in [0, 0.1) is 5.41 Å². The number of nitrogen functional groups attached to an aromatic ring is 1. The monoisotopic (exact) mass is 1080 g/mol. The second kappa shape index (κ2) is 26.3. The van der Waals surface area contributed by atoms with E-state index in [2.05, 4.69) is 43.5 Å². The van der Waals surface area contributed by atoms with Gasteiger partial charge < -0.3 is 88.7 Å². The van der Waals surface area contributed by atoms with Crippen molar-refractivity contribution in [2.45, 2.75) is 140 Å². The van der Waals surface area contributed by atoms with E-state index in [0.717, 1.165) is 41.8 Å². The fourth-order valence-electron chi connectivity index (χ4n) is 6.87. The fourth-order valence-corrected chi connectivity index (χ4v) is 10.3. The maximum Gasteiger partial charge on any atom is 0.274 e. The number of phosphoric acid groups is 3. The quantitative estimate of drug-likeness (QED) is 0.0248. The zero-order chi connectivity index (χ0) is 52.2. The van der Waals surface area contributed by atoms with Gasteiger partial charge in [-0.2, -0.15) is 0 Å². The van der Waals surface area contributed by atoms with Gasteiger partial charge in [0.05, 0.1) is 52.1 Å². The Labute approximate surface area is 405 Å². The van der Waals surface area contributed by atoms with E-state index >= 15 is 0 Å². The second-order valence-electron chi connectivity index (χ2n) is 17.0. The van der Waals surface area contributed by atoms with Crippen molar-refractivity contribution in [2.24, 2.45) is 5.41 Å². The van der Waals surface area contributed by atoms with E-state index in [0.29, 0.717) is 12.8 Å². The first-order valence-corrected chi connectivity index (χ1v) is 27.1. The third kappa shape index (κ3) is 18.8. The number of aliphatic hydroxyl groups is 4. The minimum Gasteiger partial charge on any atom is -0.790 e. The fraction of sp³-hybridized carbons (Fsp3) is 0.757.